The minimum absolute atomic E-state index is 1.18. The van der Waals surface area contributed by atoms with Gasteiger partial charge in [0.25, 0.3) is 0 Å². The number of hydrogen-bond donors (Lipinski definition) is 0. The van der Waals surface area contributed by atoms with Crippen molar-refractivity contribution < 1.29 is 0 Å². The fourth-order valence-corrected chi connectivity index (χ4v) is 1.56. The summed E-state index contributed by atoms with van der Waals surface area (Å²) in [5.74, 6) is 0. The molecular formula is C10H11. The molecule has 0 aromatic heterocycles. The SMILES string of the molecule is CCc1cc[c]c2c1CC2. The highest BCUT2D eigenvalue weighted by Gasteiger charge is 2.14. The summed E-state index contributed by atoms with van der Waals surface area (Å²) >= 11 is 0. The van der Waals surface area contributed by atoms with E-state index < -0.39 is 0 Å². The van der Waals surface area contributed by atoms with Crippen LogP contribution in [0.2, 0.25) is 0 Å². The van der Waals surface area contributed by atoms with Crippen LogP contribution in [0.15, 0.2) is 12.1 Å². The molecule has 1 radical (unpaired) electrons. The molecule has 1 aromatic carbocycles. The minimum Gasteiger partial charge on any atom is -0.0613 e. The van der Waals surface area contributed by atoms with Crippen LogP contribution in [0.3, 0.4) is 0 Å². The Labute approximate surface area is 61.9 Å². The predicted molar refractivity (Wildman–Crippen MR) is 42.1 cm³/mol. The van der Waals surface area contributed by atoms with E-state index in [1.54, 1.807) is 5.56 Å². The summed E-state index contributed by atoms with van der Waals surface area (Å²) in [7, 11) is 0. The molecule has 0 unspecified atom stereocenters. The van der Waals surface area contributed by atoms with Gasteiger partial charge in [-0.25, -0.2) is 0 Å². The number of hydrogen-bond acceptors (Lipinski definition) is 0. The topological polar surface area (TPSA) is 0 Å². The molecule has 0 atom stereocenters. The average Bonchev–Trinajstić information content (AvgIpc) is 1.91. The van der Waals surface area contributed by atoms with Crippen LogP contribution >= 0.6 is 0 Å². The van der Waals surface area contributed by atoms with Crippen LogP contribution in [0.1, 0.15) is 23.6 Å². The molecule has 0 heterocycles. The number of rotatable bonds is 1. The van der Waals surface area contributed by atoms with Gasteiger partial charge in [-0.2, -0.15) is 0 Å². The van der Waals surface area contributed by atoms with E-state index in [-0.39, 0.29) is 0 Å². The van der Waals surface area contributed by atoms with Gasteiger partial charge in [0.2, 0.25) is 0 Å². The molecule has 0 fully saturated rings. The van der Waals surface area contributed by atoms with Crippen LogP contribution in [0.5, 0.6) is 0 Å². The molecule has 0 heteroatoms. The molecule has 0 aliphatic heterocycles. The Morgan fingerprint density at radius 2 is 2.40 bits per heavy atom. The van der Waals surface area contributed by atoms with Crippen molar-refractivity contribution in [3.63, 3.8) is 0 Å². The van der Waals surface area contributed by atoms with Crippen LogP contribution < -0.4 is 0 Å². The lowest BCUT2D eigenvalue weighted by Crippen LogP contribution is -2.11. The highest BCUT2D eigenvalue weighted by molar-refractivity contribution is 5.41. The zero-order chi connectivity index (χ0) is 6.97. The van der Waals surface area contributed by atoms with Crippen molar-refractivity contribution in [2.45, 2.75) is 26.2 Å². The number of aryl methyl sites for hydroxylation is 2. The quantitative estimate of drug-likeness (QED) is 0.547. The largest absolute Gasteiger partial charge is 0.0613 e. The first-order valence-corrected chi connectivity index (χ1v) is 3.93. The summed E-state index contributed by atoms with van der Waals surface area (Å²) in [4.78, 5) is 0. The van der Waals surface area contributed by atoms with Gasteiger partial charge < -0.3 is 0 Å². The first kappa shape index (κ1) is 5.96. The summed E-state index contributed by atoms with van der Waals surface area (Å²) in [5, 5.41) is 0. The van der Waals surface area contributed by atoms with E-state index in [9.17, 15) is 0 Å². The van der Waals surface area contributed by atoms with Crippen LogP contribution in [0.25, 0.3) is 0 Å². The van der Waals surface area contributed by atoms with Gasteiger partial charge >= 0.3 is 0 Å². The molecule has 1 aliphatic rings. The van der Waals surface area contributed by atoms with Crippen LogP contribution in [-0.4, -0.2) is 0 Å². The van der Waals surface area contributed by atoms with Crippen LogP contribution in [-0.2, 0) is 19.3 Å². The first-order chi connectivity index (χ1) is 4.92. The maximum atomic E-state index is 3.26. The van der Waals surface area contributed by atoms with E-state index in [1.165, 1.54) is 30.4 Å². The second-order valence-electron chi connectivity index (χ2n) is 2.81. The number of fused-ring (bicyclic) bond motifs is 1. The van der Waals surface area contributed by atoms with Crippen molar-refractivity contribution in [2.75, 3.05) is 0 Å². The third-order valence-corrected chi connectivity index (χ3v) is 2.30. The lowest BCUT2D eigenvalue weighted by Gasteiger charge is -2.20. The molecule has 0 amide bonds. The summed E-state index contributed by atoms with van der Waals surface area (Å²) in [6.45, 7) is 2.22. The molecular weight excluding hydrogens is 120 g/mol. The van der Waals surface area contributed by atoms with Gasteiger partial charge in [-0.05, 0) is 42.0 Å². The lowest BCUT2D eigenvalue weighted by atomic mass is 9.84. The van der Waals surface area contributed by atoms with E-state index in [0.717, 1.165) is 0 Å². The van der Waals surface area contributed by atoms with Gasteiger partial charge in [0.1, 0.15) is 0 Å². The van der Waals surface area contributed by atoms with Crippen molar-refractivity contribution in [1.29, 1.82) is 0 Å². The molecule has 1 aliphatic carbocycles. The van der Waals surface area contributed by atoms with E-state index >= 15 is 0 Å². The Kier molecular flexibility index (Phi) is 1.26. The van der Waals surface area contributed by atoms with Crippen molar-refractivity contribution >= 4 is 0 Å². The van der Waals surface area contributed by atoms with Gasteiger partial charge in [0, 0.05) is 0 Å². The van der Waals surface area contributed by atoms with Gasteiger partial charge in [-0.1, -0.05) is 19.1 Å². The molecule has 2 rings (SSSR count). The van der Waals surface area contributed by atoms with Gasteiger partial charge in [0.15, 0.2) is 0 Å². The van der Waals surface area contributed by atoms with E-state index in [4.69, 9.17) is 0 Å². The Morgan fingerprint density at radius 3 is 2.90 bits per heavy atom. The number of benzene rings is 1. The molecule has 0 spiro atoms. The highest BCUT2D eigenvalue weighted by Crippen LogP contribution is 2.25. The molecule has 10 heavy (non-hydrogen) atoms. The summed E-state index contributed by atoms with van der Waals surface area (Å²) in [6, 6.07) is 7.51. The molecule has 0 bridgehead atoms. The van der Waals surface area contributed by atoms with Crippen LogP contribution in [0, 0.1) is 6.07 Å². The summed E-state index contributed by atoms with van der Waals surface area (Å²) < 4.78 is 0. The monoisotopic (exact) mass is 131 g/mol. The Balaban J connectivity index is 2.51. The standard InChI is InChI=1S/C10H11/c1-2-8-4-3-5-9-6-7-10(8)9/h3-4H,2,6-7H2,1H3. The van der Waals surface area contributed by atoms with E-state index in [0.29, 0.717) is 0 Å². The molecule has 1 aromatic rings. The second-order valence-corrected chi connectivity index (χ2v) is 2.81. The normalized spacial score (nSPS) is 14.1. The zero-order valence-corrected chi connectivity index (χ0v) is 6.28. The van der Waals surface area contributed by atoms with Crippen molar-refractivity contribution in [2.24, 2.45) is 0 Å². The third-order valence-electron chi connectivity index (χ3n) is 2.30. The molecule has 0 saturated carbocycles. The molecule has 0 nitrogen and oxygen atoms in total. The lowest BCUT2D eigenvalue weighted by molar-refractivity contribution is 0.813. The molecule has 0 N–H and O–H groups in total. The Morgan fingerprint density at radius 1 is 1.50 bits per heavy atom. The summed E-state index contributed by atoms with van der Waals surface area (Å²) in [5.41, 5.74) is 4.56. The smallest absolute Gasteiger partial charge is 0.0146 e. The van der Waals surface area contributed by atoms with E-state index in [1.807, 2.05) is 0 Å². The maximum absolute atomic E-state index is 3.26. The highest BCUT2D eigenvalue weighted by atomic mass is 14.2. The predicted octanol–water partition coefficient (Wildman–Crippen LogP) is 2.15. The molecule has 0 saturated heterocycles. The van der Waals surface area contributed by atoms with Crippen LogP contribution in [0.4, 0.5) is 0 Å². The van der Waals surface area contributed by atoms with Crippen molar-refractivity contribution in [3.8, 4) is 0 Å². The van der Waals surface area contributed by atoms with Gasteiger partial charge in [-0.3, -0.25) is 0 Å². The Hall–Kier alpha value is -0.780. The Bertz CT molecular complexity index is 248. The fraction of sp³-hybridized carbons (Fsp3) is 0.400. The first-order valence-electron chi connectivity index (χ1n) is 3.93. The van der Waals surface area contributed by atoms with Gasteiger partial charge in [-0.15, -0.1) is 0 Å². The van der Waals surface area contributed by atoms with Crippen molar-refractivity contribution in [3.05, 3.63) is 34.9 Å². The van der Waals surface area contributed by atoms with Crippen molar-refractivity contribution in [1.82, 2.24) is 0 Å². The average molecular weight is 131 g/mol. The molecule has 51 valence electrons. The van der Waals surface area contributed by atoms with Gasteiger partial charge in [0.05, 0.1) is 0 Å². The maximum Gasteiger partial charge on any atom is -0.0146 e. The zero-order valence-electron chi connectivity index (χ0n) is 6.28. The second kappa shape index (κ2) is 2.12. The third kappa shape index (κ3) is 0.683. The van der Waals surface area contributed by atoms with E-state index in [2.05, 4.69) is 25.1 Å². The fourth-order valence-electron chi connectivity index (χ4n) is 1.56. The minimum atomic E-state index is 1.18. The summed E-state index contributed by atoms with van der Waals surface area (Å²) in [6.07, 6.45) is 3.72.